The zero-order chi connectivity index (χ0) is 17.8. The predicted molar refractivity (Wildman–Crippen MR) is 94.9 cm³/mol. The highest BCUT2D eigenvalue weighted by molar-refractivity contribution is 5.75. The molecule has 1 aliphatic carbocycles. The first-order chi connectivity index (χ1) is 12.1. The molecule has 0 atom stereocenters. The van der Waals surface area contributed by atoms with E-state index in [2.05, 4.69) is 12.2 Å². The Balaban J connectivity index is 1.54. The third-order valence-corrected chi connectivity index (χ3v) is 5.35. The molecule has 6 heteroatoms. The van der Waals surface area contributed by atoms with Gasteiger partial charge in [0.05, 0.1) is 5.69 Å². The number of hydrogen-bond acceptors (Lipinski definition) is 3. The van der Waals surface area contributed by atoms with Gasteiger partial charge in [0.1, 0.15) is 17.4 Å². The van der Waals surface area contributed by atoms with E-state index in [0.29, 0.717) is 31.9 Å². The van der Waals surface area contributed by atoms with Crippen LogP contribution in [-0.4, -0.2) is 43.2 Å². The van der Waals surface area contributed by atoms with Crippen molar-refractivity contribution in [3.05, 3.63) is 29.6 Å². The van der Waals surface area contributed by atoms with Crippen LogP contribution in [0.2, 0.25) is 0 Å². The zero-order valence-electron chi connectivity index (χ0n) is 14.7. The van der Waals surface area contributed by atoms with Crippen LogP contribution in [0.1, 0.15) is 38.2 Å². The fraction of sp³-hybridized carbons (Fsp3) is 0.579. The summed E-state index contributed by atoms with van der Waals surface area (Å²) in [6.07, 6.45) is 4.47. The van der Waals surface area contributed by atoms with E-state index in [1.165, 1.54) is 18.9 Å². The molecule has 0 radical (unpaired) electrons. The van der Waals surface area contributed by atoms with Crippen molar-refractivity contribution in [2.45, 2.75) is 38.6 Å². The molecule has 3 rings (SSSR count). The van der Waals surface area contributed by atoms with Gasteiger partial charge in [-0.25, -0.2) is 9.18 Å². The van der Waals surface area contributed by atoms with Crippen molar-refractivity contribution < 1.29 is 9.18 Å². The molecular formula is C19H25FN4O. The smallest absolute Gasteiger partial charge is 0.317 e. The van der Waals surface area contributed by atoms with Gasteiger partial charge in [0.15, 0.2) is 0 Å². The Morgan fingerprint density at radius 1 is 1.20 bits per heavy atom. The molecular weight excluding hydrogens is 319 g/mol. The summed E-state index contributed by atoms with van der Waals surface area (Å²) in [5, 5.41) is 12.3. The normalized spacial score (nSPS) is 23.9. The van der Waals surface area contributed by atoms with E-state index in [1.54, 1.807) is 12.1 Å². The molecule has 2 aliphatic rings. The molecule has 1 N–H and O–H groups in total. The Hall–Kier alpha value is -2.29. The van der Waals surface area contributed by atoms with E-state index in [9.17, 15) is 14.4 Å². The molecule has 1 heterocycles. The molecule has 0 spiro atoms. The fourth-order valence-corrected chi connectivity index (χ4v) is 3.71. The number of nitriles is 1. The van der Waals surface area contributed by atoms with E-state index in [0.717, 1.165) is 18.8 Å². The number of anilines is 1. The van der Waals surface area contributed by atoms with E-state index >= 15 is 0 Å². The van der Waals surface area contributed by atoms with Crippen LogP contribution >= 0.6 is 0 Å². The number of piperazine rings is 1. The molecule has 1 saturated carbocycles. The molecule has 0 bridgehead atoms. The van der Waals surface area contributed by atoms with Crippen LogP contribution in [0.25, 0.3) is 0 Å². The largest absolute Gasteiger partial charge is 0.367 e. The second-order valence-electron chi connectivity index (χ2n) is 7.13. The number of carbonyl (C=O) groups excluding carboxylic acids is 1. The Bertz CT molecular complexity index is 656. The fourth-order valence-electron chi connectivity index (χ4n) is 3.71. The van der Waals surface area contributed by atoms with E-state index < -0.39 is 5.82 Å². The Morgan fingerprint density at radius 2 is 1.88 bits per heavy atom. The number of nitrogens with zero attached hydrogens (tertiary/aromatic N) is 3. The number of urea groups is 1. The third-order valence-electron chi connectivity index (χ3n) is 5.35. The lowest BCUT2D eigenvalue weighted by Crippen LogP contribution is -2.54. The van der Waals surface area contributed by atoms with Gasteiger partial charge in [-0.15, -0.1) is 0 Å². The molecule has 1 aromatic rings. The first-order valence-electron chi connectivity index (χ1n) is 9.07. The second kappa shape index (κ2) is 7.73. The van der Waals surface area contributed by atoms with Gasteiger partial charge in [0, 0.05) is 32.2 Å². The molecule has 1 aliphatic heterocycles. The maximum absolute atomic E-state index is 13.8. The summed E-state index contributed by atoms with van der Waals surface area (Å²) < 4.78 is 13.8. The summed E-state index contributed by atoms with van der Waals surface area (Å²) in [4.78, 5) is 16.3. The maximum atomic E-state index is 13.8. The van der Waals surface area contributed by atoms with Gasteiger partial charge in [0.25, 0.3) is 0 Å². The minimum Gasteiger partial charge on any atom is -0.367 e. The van der Waals surface area contributed by atoms with Gasteiger partial charge in [-0.05, 0) is 43.7 Å². The summed E-state index contributed by atoms with van der Waals surface area (Å²) in [6.45, 7) is 4.63. The standard InChI is InChI=1S/C19H25FN4O/c1-14-5-7-15(8-6-14)22-19(25)24-11-9-23(10-12-24)18-4-2-3-17(20)16(18)13-21/h2-4,14-15H,5-12H2,1H3,(H,22,25). The number of benzene rings is 1. The molecule has 2 amide bonds. The molecule has 1 aromatic carbocycles. The van der Waals surface area contributed by atoms with Crippen molar-refractivity contribution in [1.82, 2.24) is 10.2 Å². The molecule has 0 aromatic heterocycles. The van der Waals surface area contributed by atoms with E-state index in [-0.39, 0.29) is 17.6 Å². The van der Waals surface area contributed by atoms with Crippen molar-refractivity contribution in [2.75, 3.05) is 31.1 Å². The number of amides is 2. The van der Waals surface area contributed by atoms with Crippen LogP contribution in [0.4, 0.5) is 14.9 Å². The van der Waals surface area contributed by atoms with Crippen molar-refractivity contribution in [3.63, 3.8) is 0 Å². The molecule has 25 heavy (non-hydrogen) atoms. The highest BCUT2D eigenvalue weighted by atomic mass is 19.1. The Kier molecular flexibility index (Phi) is 5.42. The van der Waals surface area contributed by atoms with Crippen LogP contribution < -0.4 is 10.2 Å². The predicted octanol–water partition coefficient (Wildman–Crippen LogP) is 3.11. The zero-order valence-corrected chi connectivity index (χ0v) is 14.7. The molecule has 134 valence electrons. The van der Waals surface area contributed by atoms with Crippen LogP contribution in [0.15, 0.2) is 18.2 Å². The summed E-state index contributed by atoms with van der Waals surface area (Å²) in [7, 11) is 0. The lowest BCUT2D eigenvalue weighted by molar-refractivity contribution is 0.184. The lowest BCUT2D eigenvalue weighted by Gasteiger charge is -2.37. The van der Waals surface area contributed by atoms with Crippen molar-refractivity contribution in [3.8, 4) is 6.07 Å². The number of halogens is 1. The van der Waals surface area contributed by atoms with Crippen LogP contribution in [0, 0.1) is 23.1 Å². The molecule has 1 saturated heterocycles. The Labute approximate surface area is 148 Å². The lowest BCUT2D eigenvalue weighted by atomic mass is 9.87. The second-order valence-corrected chi connectivity index (χ2v) is 7.13. The molecule has 2 fully saturated rings. The monoisotopic (exact) mass is 344 g/mol. The van der Waals surface area contributed by atoms with Crippen molar-refractivity contribution in [2.24, 2.45) is 5.92 Å². The summed E-state index contributed by atoms with van der Waals surface area (Å²) >= 11 is 0. The van der Waals surface area contributed by atoms with E-state index in [1.807, 2.05) is 15.9 Å². The Morgan fingerprint density at radius 3 is 2.52 bits per heavy atom. The number of rotatable bonds is 2. The SMILES string of the molecule is CC1CCC(NC(=O)N2CCN(c3cccc(F)c3C#N)CC2)CC1. The van der Waals surface area contributed by atoms with Crippen LogP contribution in [0.3, 0.4) is 0 Å². The summed E-state index contributed by atoms with van der Waals surface area (Å²) in [5.74, 6) is 0.268. The van der Waals surface area contributed by atoms with Gasteiger partial charge < -0.3 is 15.1 Å². The molecule has 5 nitrogen and oxygen atoms in total. The summed E-state index contributed by atoms with van der Waals surface area (Å²) in [6, 6.07) is 6.92. The van der Waals surface area contributed by atoms with Crippen LogP contribution in [0.5, 0.6) is 0 Å². The van der Waals surface area contributed by atoms with Crippen LogP contribution in [-0.2, 0) is 0 Å². The minimum absolute atomic E-state index is 0.000970. The first kappa shape index (κ1) is 17.5. The summed E-state index contributed by atoms with van der Waals surface area (Å²) in [5.41, 5.74) is 0.695. The first-order valence-corrected chi connectivity index (χ1v) is 9.07. The van der Waals surface area contributed by atoms with Gasteiger partial charge >= 0.3 is 6.03 Å². The average Bonchev–Trinajstić information content (AvgIpc) is 2.63. The van der Waals surface area contributed by atoms with Gasteiger partial charge in [-0.1, -0.05) is 13.0 Å². The molecule has 0 unspecified atom stereocenters. The minimum atomic E-state index is -0.494. The van der Waals surface area contributed by atoms with Crippen molar-refractivity contribution >= 4 is 11.7 Å². The van der Waals surface area contributed by atoms with Gasteiger partial charge in [-0.2, -0.15) is 5.26 Å². The number of nitrogens with one attached hydrogen (secondary N) is 1. The number of hydrogen-bond donors (Lipinski definition) is 1. The maximum Gasteiger partial charge on any atom is 0.317 e. The van der Waals surface area contributed by atoms with Crippen molar-refractivity contribution in [1.29, 1.82) is 5.26 Å². The van der Waals surface area contributed by atoms with Gasteiger partial charge in [-0.3, -0.25) is 0 Å². The van der Waals surface area contributed by atoms with E-state index in [4.69, 9.17) is 0 Å². The third kappa shape index (κ3) is 4.04. The highest BCUT2D eigenvalue weighted by Gasteiger charge is 2.26. The number of carbonyl (C=O) groups is 1. The topological polar surface area (TPSA) is 59.4 Å². The van der Waals surface area contributed by atoms with Gasteiger partial charge in [0.2, 0.25) is 0 Å². The average molecular weight is 344 g/mol. The quantitative estimate of drug-likeness (QED) is 0.897. The highest BCUT2D eigenvalue weighted by Crippen LogP contribution is 2.25.